The van der Waals surface area contributed by atoms with Crippen LogP contribution in [0.5, 0.6) is 0 Å². The van der Waals surface area contributed by atoms with Crippen molar-refractivity contribution in [2.75, 3.05) is 11.4 Å². The van der Waals surface area contributed by atoms with Gasteiger partial charge in [-0.1, -0.05) is 96.8 Å². The standard InChI is InChI=1S/C28H25NS/c1-2-29-25-17-15-23(13-11-21-7-3-4-8-21)19-27(25)30-28-20-24(16-18-26(28)29)14-12-22-9-5-6-10-22/h3-22H,2H2,1H3/b13-11+,14-12+. The Morgan fingerprint density at radius 2 is 1.20 bits per heavy atom. The molecule has 0 atom stereocenters. The molecule has 2 heteroatoms. The second kappa shape index (κ2) is 8.41. The average molecular weight is 408 g/mol. The van der Waals surface area contributed by atoms with E-state index in [9.17, 15) is 0 Å². The van der Waals surface area contributed by atoms with Crippen LogP contribution in [0, 0.1) is 11.8 Å². The second-order valence-corrected chi connectivity index (χ2v) is 8.80. The molecule has 2 aromatic rings. The lowest BCUT2D eigenvalue weighted by Crippen LogP contribution is -2.20. The lowest BCUT2D eigenvalue weighted by atomic mass is 10.1. The van der Waals surface area contributed by atoms with E-state index in [1.807, 2.05) is 11.8 Å². The van der Waals surface area contributed by atoms with E-state index >= 15 is 0 Å². The molecule has 0 N–H and O–H groups in total. The average Bonchev–Trinajstić information content (AvgIpc) is 3.48. The fourth-order valence-electron chi connectivity index (χ4n) is 4.07. The van der Waals surface area contributed by atoms with Crippen LogP contribution < -0.4 is 4.90 Å². The molecule has 3 aliphatic rings. The van der Waals surface area contributed by atoms with Crippen LogP contribution in [0.25, 0.3) is 12.2 Å². The minimum Gasteiger partial charge on any atom is -0.340 e. The maximum absolute atomic E-state index is 2.42. The van der Waals surface area contributed by atoms with Gasteiger partial charge in [-0.05, 0) is 42.3 Å². The molecule has 0 saturated heterocycles. The van der Waals surface area contributed by atoms with Gasteiger partial charge in [-0.2, -0.15) is 0 Å². The molecule has 148 valence electrons. The molecular weight excluding hydrogens is 382 g/mol. The Morgan fingerprint density at radius 1 is 0.733 bits per heavy atom. The Balaban J connectivity index is 1.42. The maximum Gasteiger partial charge on any atom is 0.0553 e. The van der Waals surface area contributed by atoms with Crippen molar-refractivity contribution >= 4 is 35.3 Å². The normalized spacial score (nSPS) is 17.7. The first-order valence-electron chi connectivity index (χ1n) is 10.6. The van der Waals surface area contributed by atoms with Crippen LogP contribution in [0.15, 0.2) is 107 Å². The van der Waals surface area contributed by atoms with Crippen LogP contribution in [0.4, 0.5) is 11.4 Å². The summed E-state index contributed by atoms with van der Waals surface area (Å²) in [7, 11) is 0. The predicted octanol–water partition coefficient (Wildman–Crippen LogP) is 7.82. The summed E-state index contributed by atoms with van der Waals surface area (Å²) in [6, 6.07) is 13.6. The number of hydrogen-bond acceptors (Lipinski definition) is 2. The van der Waals surface area contributed by atoms with Crippen LogP contribution in [0.2, 0.25) is 0 Å². The van der Waals surface area contributed by atoms with Crippen molar-refractivity contribution in [2.45, 2.75) is 16.7 Å². The summed E-state index contributed by atoms with van der Waals surface area (Å²) in [5.41, 5.74) is 5.12. The molecule has 1 heterocycles. The first-order valence-corrected chi connectivity index (χ1v) is 11.4. The van der Waals surface area contributed by atoms with Gasteiger partial charge in [-0.3, -0.25) is 0 Å². The molecule has 2 aromatic carbocycles. The first kappa shape index (κ1) is 19.0. The van der Waals surface area contributed by atoms with Crippen LogP contribution in [-0.4, -0.2) is 6.54 Å². The highest BCUT2D eigenvalue weighted by atomic mass is 32.2. The smallest absolute Gasteiger partial charge is 0.0553 e. The molecule has 0 spiro atoms. The van der Waals surface area contributed by atoms with Gasteiger partial charge in [0, 0.05) is 28.2 Å². The Morgan fingerprint density at radius 3 is 1.63 bits per heavy atom. The first-order chi connectivity index (χ1) is 14.8. The number of fused-ring (bicyclic) bond motifs is 2. The minimum absolute atomic E-state index is 0.417. The fraction of sp³-hybridized carbons (Fsp3) is 0.143. The maximum atomic E-state index is 2.42. The summed E-state index contributed by atoms with van der Waals surface area (Å²) in [6.45, 7) is 3.18. The molecule has 5 rings (SSSR count). The van der Waals surface area contributed by atoms with Gasteiger partial charge in [-0.15, -0.1) is 0 Å². The molecule has 0 bridgehead atoms. The largest absolute Gasteiger partial charge is 0.340 e. The highest BCUT2D eigenvalue weighted by Gasteiger charge is 2.22. The number of allylic oxidation sites excluding steroid dienone is 10. The quantitative estimate of drug-likeness (QED) is 0.497. The lowest BCUT2D eigenvalue weighted by molar-refractivity contribution is 0.978. The van der Waals surface area contributed by atoms with Gasteiger partial charge >= 0.3 is 0 Å². The van der Waals surface area contributed by atoms with E-state index in [-0.39, 0.29) is 0 Å². The van der Waals surface area contributed by atoms with Gasteiger partial charge in [0.05, 0.1) is 11.4 Å². The van der Waals surface area contributed by atoms with Crippen molar-refractivity contribution in [2.24, 2.45) is 11.8 Å². The van der Waals surface area contributed by atoms with E-state index in [4.69, 9.17) is 0 Å². The predicted molar refractivity (Wildman–Crippen MR) is 131 cm³/mol. The Kier molecular flexibility index (Phi) is 5.33. The molecule has 2 aliphatic carbocycles. The fourth-order valence-corrected chi connectivity index (χ4v) is 5.26. The monoisotopic (exact) mass is 407 g/mol. The third-order valence-electron chi connectivity index (χ3n) is 5.66. The molecule has 1 aliphatic heterocycles. The van der Waals surface area contributed by atoms with E-state index < -0.39 is 0 Å². The van der Waals surface area contributed by atoms with E-state index in [0.29, 0.717) is 11.8 Å². The van der Waals surface area contributed by atoms with Crippen LogP contribution >= 0.6 is 11.8 Å². The summed E-state index contributed by atoms with van der Waals surface area (Å²) in [4.78, 5) is 5.08. The van der Waals surface area contributed by atoms with Crippen LogP contribution in [0.1, 0.15) is 18.1 Å². The summed E-state index contributed by atoms with van der Waals surface area (Å²) in [5.74, 6) is 0.834. The van der Waals surface area contributed by atoms with Crippen molar-refractivity contribution in [3.63, 3.8) is 0 Å². The van der Waals surface area contributed by atoms with Gasteiger partial charge in [0.2, 0.25) is 0 Å². The van der Waals surface area contributed by atoms with E-state index in [0.717, 1.165) is 6.54 Å². The van der Waals surface area contributed by atoms with Crippen molar-refractivity contribution in [1.29, 1.82) is 0 Å². The van der Waals surface area contributed by atoms with Crippen LogP contribution in [-0.2, 0) is 0 Å². The number of rotatable bonds is 5. The Labute approximate surface area is 183 Å². The molecule has 0 saturated carbocycles. The number of benzene rings is 2. The molecule has 0 unspecified atom stereocenters. The van der Waals surface area contributed by atoms with Gasteiger partial charge < -0.3 is 4.90 Å². The van der Waals surface area contributed by atoms with Crippen molar-refractivity contribution in [1.82, 2.24) is 0 Å². The Bertz CT molecular complexity index is 1020. The van der Waals surface area contributed by atoms with Crippen molar-refractivity contribution < 1.29 is 0 Å². The topological polar surface area (TPSA) is 3.24 Å². The summed E-state index contributed by atoms with van der Waals surface area (Å²) in [6.07, 6.45) is 26.3. The van der Waals surface area contributed by atoms with E-state index in [1.54, 1.807) is 0 Å². The summed E-state index contributed by atoms with van der Waals surface area (Å²) < 4.78 is 0. The molecule has 1 nitrogen and oxygen atoms in total. The van der Waals surface area contributed by atoms with Gasteiger partial charge in [0.25, 0.3) is 0 Å². The molecule has 0 radical (unpaired) electrons. The molecule has 30 heavy (non-hydrogen) atoms. The van der Waals surface area contributed by atoms with Crippen LogP contribution in [0.3, 0.4) is 0 Å². The zero-order chi connectivity index (χ0) is 20.3. The number of nitrogens with zero attached hydrogens (tertiary/aromatic N) is 1. The summed E-state index contributed by atoms with van der Waals surface area (Å²) >= 11 is 1.88. The third kappa shape index (κ3) is 3.88. The Hall–Kier alpha value is -2.97. The van der Waals surface area contributed by atoms with E-state index in [2.05, 4.69) is 121 Å². The highest BCUT2D eigenvalue weighted by molar-refractivity contribution is 7.99. The number of anilines is 2. The zero-order valence-electron chi connectivity index (χ0n) is 17.1. The highest BCUT2D eigenvalue weighted by Crippen LogP contribution is 2.48. The number of hydrogen-bond donors (Lipinski definition) is 0. The van der Waals surface area contributed by atoms with E-state index in [1.165, 1.54) is 32.3 Å². The third-order valence-corrected chi connectivity index (χ3v) is 6.76. The van der Waals surface area contributed by atoms with Gasteiger partial charge in [0.15, 0.2) is 0 Å². The molecular formula is C28H25NS. The summed E-state index contributed by atoms with van der Waals surface area (Å²) in [5, 5.41) is 0. The second-order valence-electron chi connectivity index (χ2n) is 7.71. The molecule has 0 aromatic heterocycles. The van der Waals surface area contributed by atoms with Crippen molar-refractivity contribution in [3.05, 3.63) is 108 Å². The molecule has 0 fully saturated rings. The van der Waals surface area contributed by atoms with Gasteiger partial charge in [-0.25, -0.2) is 0 Å². The van der Waals surface area contributed by atoms with Gasteiger partial charge in [0.1, 0.15) is 0 Å². The minimum atomic E-state index is 0.417. The van der Waals surface area contributed by atoms with Crippen molar-refractivity contribution in [3.8, 4) is 0 Å². The zero-order valence-corrected chi connectivity index (χ0v) is 17.9. The SMILES string of the molecule is CCN1c2ccc(/C=C/C3C=CC=C3)cc2Sc2cc(/C=C/C3C=CC=C3)ccc21. The molecule has 0 amide bonds. The lowest BCUT2D eigenvalue weighted by Gasteiger charge is -2.32.